The van der Waals surface area contributed by atoms with Gasteiger partial charge >= 0.3 is 0 Å². The van der Waals surface area contributed by atoms with Gasteiger partial charge in [0.25, 0.3) is 0 Å². The molecule has 0 unspecified atom stereocenters. The first-order chi connectivity index (χ1) is 16.1. The Labute approximate surface area is 192 Å². The molecule has 0 radical (unpaired) electrons. The van der Waals surface area contributed by atoms with E-state index < -0.39 is 0 Å². The first-order valence-electron chi connectivity index (χ1n) is 11.2. The molecule has 2 aromatic carbocycles. The Morgan fingerprint density at radius 3 is 2.67 bits per heavy atom. The summed E-state index contributed by atoms with van der Waals surface area (Å²) in [6, 6.07) is 16.5. The fraction of sp³-hybridized carbons (Fsp3) is 0.269. The molecule has 0 aliphatic carbocycles. The van der Waals surface area contributed by atoms with E-state index in [9.17, 15) is 4.79 Å². The van der Waals surface area contributed by atoms with Gasteiger partial charge in [0, 0.05) is 54.9 Å². The van der Waals surface area contributed by atoms with Crippen LogP contribution in [0.1, 0.15) is 25.3 Å². The Balaban J connectivity index is 1.73. The van der Waals surface area contributed by atoms with Crippen molar-refractivity contribution in [1.82, 2.24) is 14.5 Å². The molecule has 2 N–H and O–H groups in total. The van der Waals surface area contributed by atoms with Gasteiger partial charge in [-0.25, -0.2) is 9.97 Å². The Bertz CT molecular complexity index is 1310. The van der Waals surface area contributed by atoms with Crippen LogP contribution < -0.4 is 10.6 Å². The molecule has 7 heteroatoms. The fourth-order valence-corrected chi connectivity index (χ4v) is 4.40. The van der Waals surface area contributed by atoms with E-state index in [0.717, 1.165) is 65.4 Å². The summed E-state index contributed by atoms with van der Waals surface area (Å²) in [7, 11) is 0. The Morgan fingerprint density at radius 2 is 1.88 bits per heavy atom. The van der Waals surface area contributed by atoms with Crippen molar-refractivity contribution in [1.29, 1.82) is 0 Å². The zero-order chi connectivity index (χ0) is 22.8. The maximum absolute atomic E-state index is 11.9. The zero-order valence-electron chi connectivity index (χ0n) is 18.8. The summed E-state index contributed by atoms with van der Waals surface area (Å²) in [5, 5.41) is 7.54. The van der Waals surface area contributed by atoms with Crippen molar-refractivity contribution in [3.05, 3.63) is 66.6 Å². The van der Waals surface area contributed by atoms with Gasteiger partial charge in [0.05, 0.1) is 5.39 Å². The number of rotatable bonds is 5. The number of hydrogen-bond donors (Lipinski definition) is 2. The number of amides is 1. The average Bonchev–Trinajstić information content (AvgIpc) is 3.20. The number of aromatic nitrogens is 3. The van der Waals surface area contributed by atoms with Gasteiger partial charge in [-0.15, -0.1) is 0 Å². The predicted octanol–water partition coefficient (Wildman–Crippen LogP) is 4.95. The highest BCUT2D eigenvalue weighted by Crippen LogP contribution is 2.39. The molecule has 7 nitrogen and oxygen atoms in total. The molecule has 168 valence electrons. The third-order valence-electron chi connectivity index (χ3n) is 5.95. The summed E-state index contributed by atoms with van der Waals surface area (Å²) in [5.74, 6) is 0.688. The summed E-state index contributed by atoms with van der Waals surface area (Å²) in [6.07, 6.45) is 5.56. The molecule has 5 rings (SSSR count). The van der Waals surface area contributed by atoms with Gasteiger partial charge in [-0.05, 0) is 43.5 Å². The smallest absolute Gasteiger partial charge is 0.221 e. The van der Waals surface area contributed by atoms with Crippen molar-refractivity contribution >= 4 is 28.4 Å². The second-order valence-electron chi connectivity index (χ2n) is 8.43. The molecule has 4 aromatic rings. The minimum atomic E-state index is -0.110. The maximum Gasteiger partial charge on any atom is 0.221 e. The van der Waals surface area contributed by atoms with Gasteiger partial charge in [-0.1, -0.05) is 30.3 Å². The molecular weight excluding hydrogens is 414 g/mol. The number of fused-ring (bicyclic) bond motifs is 1. The molecule has 3 heterocycles. The monoisotopic (exact) mass is 441 g/mol. The van der Waals surface area contributed by atoms with Crippen molar-refractivity contribution in [2.24, 2.45) is 0 Å². The van der Waals surface area contributed by atoms with Crippen LogP contribution in [-0.4, -0.2) is 39.7 Å². The summed E-state index contributed by atoms with van der Waals surface area (Å²) >= 11 is 0. The van der Waals surface area contributed by atoms with Gasteiger partial charge in [0.15, 0.2) is 5.65 Å². The van der Waals surface area contributed by atoms with Crippen molar-refractivity contribution in [2.75, 3.05) is 23.8 Å². The highest BCUT2D eigenvalue weighted by Gasteiger charge is 2.22. The van der Waals surface area contributed by atoms with Crippen LogP contribution in [0, 0.1) is 6.92 Å². The van der Waals surface area contributed by atoms with E-state index in [0.29, 0.717) is 0 Å². The first kappa shape index (κ1) is 21.2. The molecular formula is C26H27N5O2. The van der Waals surface area contributed by atoms with Gasteiger partial charge in [0.2, 0.25) is 5.91 Å². The van der Waals surface area contributed by atoms with E-state index in [1.807, 2.05) is 30.3 Å². The lowest BCUT2D eigenvalue weighted by atomic mass is 10.0. The van der Waals surface area contributed by atoms with Gasteiger partial charge in [-0.3, -0.25) is 4.79 Å². The largest absolute Gasteiger partial charge is 0.381 e. The molecule has 1 saturated heterocycles. The van der Waals surface area contributed by atoms with Crippen LogP contribution >= 0.6 is 0 Å². The lowest BCUT2D eigenvalue weighted by molar-refractivity contribution is -0.114. The van der Waals surface area contributed by atoms with E-state index in [1.165, 1.54) is 12.5 Å². The molecule has 2 aromatic heterocycles. The second-order valence-corrected chi connectivity index (χ2v) is 8.43. The fourth-order valence-electron chi connectivity index (χ4n) is 4.40. The van der Waals surface area contributed by atoms with Crippen LogP contribution in [0.15, 0.2) is 61.1 Å². The van der Waals surface area contributed by atoms with Gasteiger partial charge < -0.3 is 19.9 Å². The minimum absolute atomic E-state index is 0.110. The molecule has 1 aliphatic heterocycles. The van der Waals surface area contributed by atoms with E-state index in [1.54, 1.807) is 6.33 Å². The van der Waals surface area contributed by atoms with Crippen LogP contribution in [0.5, 0.6) is 0 Å². The zero-order valence-corrected chi connectivity index (χ0v) is 18.8. The summed E-state index contributed by atoms with van der Waals surface area (Å²) < 4.78 is 7.62. The Morgan fingerprint density at radius 1 is 1.06 bits per heavy atom. The van der Waals surface area contributed by atoms with Crippen molar-refractivity contribution in [3.8, 4) is 16.8 Å². The molecule has 0 atom stereocenters. The highest BCUT2D eigenvalue weighted by molar-refractivity contribution is 6.06. The van der Waals surface area contributed by atoms with Crippen molar-refractivity contribution < 1.29 is 9.53 Å². The van der Waals surface area contributed by atoms with E-state index >= 15 is 0 Å². The van der Waals surface area contributed by atoms with E-state index in [4.69, 9.17) is 4.74 Å². The van der Waals surface area contributed by atoms with Crippen molar-refractivity contribution in [3.63, 3.8) is 0 Å². The number of carbonyl (C=O) groups is 1. The topological polar surface area (TPSA) is 81.1 Å². The van der Waals surface area contributed by atoms with Gasteiger partial charge in [-0.2, -0.15) is 0 Å². The normalized spacial score (nSPS) is 14.4. The molecule has 1 aliphatic rings. The SMILES string of the molecule is CC(=O)Nc1ccccc1-c1cn(-c2cccc(C)c2)c2ncnc(NC3CCOCC3)c12. The number of anilines is 2. The van der Waals surface area contributed by atoms with Crippen LogP contribution in [0.25, 0.3) is 27.8 Å². The van der Waals surface area contributed by atoms with Crippen LogP contribution in [-0.2, 0) is 9.53 Å². The molecule has 1 amide bonds. The number of aryl methyl sites for hydroxylation is 1. The quantitative estimate of drug-likeness (QED) is 0.458. The average molecular weight is 442 g/mol. The highest BCUT2D eigenvalue weighted by atomic mass is 16.5. The number of ether oxygens (including phenoxy) is 1. The molecule has 0 bridgehead atoms. The van der Waals surface area contributed by atoms with Gasteiger partial charge in [0.1, 0.15) is 12.1 Å². The summed E-state index contributed by atoms with van der Waals surface area (Å²) in [5.41, 5.74) is 5.66. The Kier molecular flexibility index (Phi) is 5.79. The molecule has 33 heavy (non-hydrogen) atoms. The standard InChI is InChI=1S/C26H27N5O2/c1-17-6-5-7-20(14-17)31-15-22(21-8-3-4-9-23(21)29-18(2)32)24-25(27-16-28-26(24)31)30-19-10-12-33-13-11-19/h3-9,14-16,19H,10-13H2,1-2H3,(H,29,32)(H,27,28,30). The third-order valence-corrected chi connectivity index (χ3v) is 5.95. The van der Waals surface area contributed by atoms with Crippen molar-refractivity contribution in [2.45, 2.75) is 32.7 Å². The lowest BCUT2D eigenvalue weighted by Gasteiger charge is -2.24. The Hall–Kier alpha value is -3.71. The number of hydrogen-bond acceptors (Lipinski definition) is 5. The minimum Gasteiger partial charge on any atom is -0.381 e. The first-order valence-corrected chi connectivity index (χ1v) is 11.2. The third kappa shape index (κ3) is 4.32. The van der Waals surface area contributed by atoms with Crippen LogP contribution in [0.2, 0.25) is 0 Å². The predicted molar refractivity (Wildman–Crippen MR) is 131 cm³/mol. The number of benzene rings is 2. The number of nitrogens with one attached hydrogen (secondary N) is 2. The molecule has 0 spiro atoms. The summed E-state index contributed by atoms with van der Waals surface area (Å²) in [4.78, 5) is 21.2. The summed E-state index contributed by atoms with van der Waals surface area (Å²) in [6.45, 7) is 5.09. The van der Waals surface area contributed by atoms with E-state index in [2.05, 4.69) is 56.5 Å². The van der Waals surface area contributed by atoms with Crippen LogP contribution in [0.4, 0.5) is 11.5 Å². The molecule has 0 saturated carbocycles. The number of nitrogens with zero attached hydrogens (tertiary/aromatic N) is 3. The maximum atomic E-state index is 11.9. The molecule has 1 fully saturated rings. The second kappa shape index (κ2) is 9.03. The van der Waals surface area contributed by atoms with E-state index in [-0.39, 0.29) is 11.9 Å². The number of para-hydroxylation sites is 1. The lowest BCUT2D eigenvalue weighted by Crippen LogP contribution is -2.28. The van der Waals surface area contributed by atoms with Crippen LogP contribution in [0.3, 0.4) is 0 Å². The number of carbonyl (C=O) groups excluding carboxylic acids is 1.